The lowest BCUT2D eigenvalue weighted by Gasteiger charge is -2.32. The van der Waals surface area contributed by atoms with Gasteiger partial charge in [-0.15, -0.1) is 0 Å². The maximum atomic E-state index is 12.6. The maximum Gasteiger partial charge on any atom is 0.243 e. The predicted octanol–water partition coefficient (Wildman–Crippen LogP) is 3.63. The molecule has 5 heteroatoms. The number of hydrogen-bond donors (Lipinski definition) is 1. The molecule has 0 saturated heterocycles. The Morgan fingerprint density at radius 2 is 1.69 bits per heavy atom. The molecular weight excluding hydrogens is 344 g/mol. The molecular formula is C21H32N2O2S. The Morgan fingerprint density at radius 1 is 1.00 bits per heavy atom. The van der Waals surface area contributed by atoms with Crippen molar-refractivity contribution in [3.05, 3.63) is 29.8 Å². The van der Waals surface area contributed by atoms with Crippen LogP contribution in [-0.4, -0.2) is 31.9 Å². The molecule has 0 spiro atoms. The standard InChI is InChI=1S/C21H32N2O2S/c1-3-23(4-2)26(24,25)17-10-8-15(9-11-17)14-22-21-13-16-12-20(21)19-7-5-6-18(16)19/h8-11,16,18-22H,3-7,12-14H2,1-2H3/t16-,18+,19-,20+,21-/m1/s1. The van der Waals surface area contributed by atoms with E-state index in [1.54, 1.807) is 12.1 Å². The number of fused-ring (bicyclic) bond motifs is 5. The van der Waals surface area contributed by atoms with Crippen LogP contribution in [0.15, 0.2) is 29.2 Å². The summed E-state index contributed by atoms with van der Waals surface area (Å²) < 4.78 is 26.7. The number of rotatable bonds is 7. The van der Waals surface area contributed by atoms with Crippen LogP contribution in [-0.2, 0) is 16.6 Å². The van der Waals surface area contributed by atoms with Crippen LogP contribution >= 0.6 is 0 Å². The highest BCUT2D eigenvalue weighted by Crippen LogP contribution is 2.58. The Morgan fingerprint density at radius 3 is 2.38 bits per heavy atom. The van der Waals surface area contributed by atoms with Crippen LogP contribution < -0.4 is 5.32 Å². The number of hydrogen-bond acceptors (Lipinski definition) is 3. The van der Waals surface area contributed by atoms with Crippen LogP contribution in [0.25, 0.3) is 0 Å². The Labute approximate surface area is 158 Å². The van der Waals surface area contributed by atoms with Crippen molar-refractivity contribution in [1.29, 1.82) is 0 Å². The summed E-state index contributed by atoms with van der Waals surface area (Å²) in [5.74, 6) is 3.86. The highest BCUT2D eigenvalue weighted by Gasteiger charge is 2.53. The second-order valence-electron chi connectivity index (χ2n) is 8.37. The predicted molar refractivity (Wildman–Crippen MR) is 104 cm³/mol. The van der Waals surface area contributed by atoms with E-state index in [0.29, 0.717) is 24.0 Å². The molecule has 1 N–H and O–H groups in total. The van der Waals surface area contributed by atoms with E-state index in [4.69, 9.17) is 0 Å². The molecule has 26 heavy (non-hydrogen) atoms. The third-order valence-electron chi connectivity index (χ3n) is 7.26. The first-order chi connectivity index (χ1) is 12.5. The molecule has 1 aromatic rings. The van der Waals surface area contributed by atoms with Gasteiger partial charge in [0.15, 0.2) is 0 Å². The van der Waals surface area contributed by atoms with E-state index in [9.17, 15) is 8.42 Å². The minimum absolute atomic E-state index is 0.402. The lowest BCUT2D eigenvalue weighted by molar-refractivity contribution is 0.208. The highest BCUT2D eigenvalue weighted by atomic mass is 32.2. The van der Waals surface area contributed by atoms with Crippen LogP contribution in [0.2, 0.25) is 0 Å². The lowest BCUT2D eigenvalue weighted by atomic mass is 9.79. The number of nitrogens with zero attached hydrogens (tertiary/aromatic N) is 1. The summed E-state index contributed by atoms with van der Waals surface area (Å²) >= 11 is 0. The van der Waals surface area contributed by atoms with Gasteiger partial charge in [0.05, 0.1) is 4.90 Å². The smallest absolute Gasteiger partial charge is 0.243 e. The maximum absolute atomic E-state index is 12.6. The van der Waals surface area contributed by atoms with Gasteiger partial charge in [-0.2, -0.15) is 4.31 Å². The van der Waals surface area contributed by atoms with Crippen molar-refractivity contribution in [2.45, 2.75) is 63.4 Å². The summed E-state index contributed by atoms with van der Waals surface area (Å²) in [5.41, 5.74) is 1.18. The van der Waals surface area contributed by atoms with Gasteiger partial charge in [-0.05, 0) is 67.1 Å². The van der Waals surface area contributed by atoms with Gasteiger partial charge >= 0.3 is 0 Å². The quantitative estimate of drug-likeness (QED) is 0.790. The summed E-state index contributed by atoms with van der Waals surface area (Å²) in [6.07, 6.45) is 7.15. The first-order valence-corrected chi connectivity index (χ1v) is 11.8. The Bertz CT molecular complexity index is 727. The summed E-state index contributed by atoms with van der Waals surface area (Å²) in [6, 6.07) is 8.12. The monoisotopic (exact) mass is 376 g/mol. The largest absolute Gasteiger partial charge is 0.310 e. The molecule has 0 heterocycles. The lowest BCUT2D eigenvalue weighted by Crippen LogP contribution is -2.38. The average molecular weight is 377 g/mol. The van der Waals surface area contributed by atoms with E-state index in [1.807, 2.05) is 26.0 Å². The number of sulfonamides is 1. The minimum Gasteiger partial charge on any atom is -0.310 e. The fourth-order valence-corrected chi connectivity index (χ4v) is 7.50. The fraction of sp³-hybridized carbons (Fsp3) is 0.714. The fourth-order valence-electron chi connectivity index (χ4n) is 6.04. The second kappa shape index (κ2) is 7.25. The van der Waals surface area contributed by atoms with Gasteiger partial charge in [-0.25, -0.2) is 8.42 Å². The van der Waals surface area contributed by atoms with Gasteiger partial charge in [0, 0.05) is 25.7 Å². The van der Waals surface area contributed by atoms with Crippen LogP contribution in [0.3, 0.4) is 0 Å². The van der Waals surface area contributed by atoms with Gasteiger partial charge in [-0.3, -0.25) is 0 Å². The molecule has 4 rings (SSSR count). The second-order valence-corrected chi connectivity index (χ2v) is 10.3. The van der Waals surface area contributed by atoms with Crippen LogP contribution in [0, 0.1) is 23.7 Å². The van der Waals surface area contributed by atoms with E-state index < -0.39 is 10.0 Å². The summed E-state index contributed by atoms with van der Waals surface area (Å²) in [5, 5.41) is 3.79. The van der Waals surface area contributed by atoms with E-state index in [0.717, 1.165) is 30.2 Å². The van der Waals surface area contributed by atoms with Crippen molar-refractivity contribution in [2.75, 3.05) is 13.1 Å². The van der Waals surface area contributed by atoms with Crippen molar-refractivity contribution in [3.63, 3.8) is 0 Å². The molecule has 3 aliphatic rings. The van der Waals surface area contributed by atoms with Gasteiger partial charge in [0.25, 0.3) is 0 Å². The highest BCUT2D eigenvalue weighted by molar-refractivity contribution is 7.89. The molecule has 144 valence electrons. The summed E-state index contributed by atoms with van der Waals surface area (Å²) in [7, 11) is -3.35. The molecule has 1 aromatic carbocycles. The zero-order valence-corrected chi connectivity index (χ0v) is 16.8. The van der Waals surface area contributed by atoms with Gasteiger partial charge in [0.2, 0.25) is 10.0 Å². The Kier molecular flexibility index (Phi) is 5.15. The van der Waals surface area contributed by atoms with Gasteiger partial charge < -0.3 is 5.32 Å². The van der Waals surface area contributed by atoms with Gasteiger partial charge in [0.1, 0.15) is 0 Å². The van der Waals surface area contributed by atoms with E-state index in [1.165, 1.54) is 42.0 Å². The van der Waals surface area contributed by atoms with Crippen molar-refractivity contribution < 1.29 is 8.42 Å². The topological polar surface area (TPSA) is 49.4 Å². The summed E-state index contributed by atoms with van der Waals surface area (Å²) in [6.45, 7) is 5.62. The third kappa shape index (κ3) is 3.12. The average Bonchev–Trinajstić information content (AvgIpc) is 3.34. The molecule has 5 atom stereocenters. The Hall–Kier alpha value is -0.910. The molecule has 0 radical (unpaired) electrons. The van der Waals surface area contributed by atoms with E-state index in [-0.39, 0.29) is 0 Å². The van der Waals surface area contributed by atoms with E-state index in [2.05, 4.69) is 5.32 Å². The van der Waals surface area contributed by atoms with Crippen LogP contribution in [0.1, 0.15) is 51.5 Å². The number of benzene rings is 1. The van der Waals surface area contributed by atoms with Crippen molar-refractivity contribution in [2.24, 2.45) is 23.7 Å². The minimum atomic E-state index is -3.35. The molecule has 0 aliphatic heterocycles. The summed E-state index contributed by atoms with van der Waals surface area (Å²) in [4.78, 5) is 0.402. The van der Waals surface area contributed by atoms with Gasteiger partial charge in [-0.1, -0.05) is 32.4 Å². The molecule has 3 saturated carbocycles. The van der Waals surface area contributed by atoms with Crippen molar-refractivity contribution in [3.8, 4) is 0 Å². The molecule has 0 aromatic heterocycles. The molecule has 2 bridgehead atoms. The molecule has 0 amide bonds. The molecule has 3 fully saturated rings. The zero-order valence-electron chi connectivity index (χ0n) is 16.0. The van der Waals surface area contributed by atoms with Crippen molar-refractivity contribution in [1.82, 2.24) is 9.62 Å². The van der Waals surface area contributed by atoms with Crippen LogP contribution in [0.5, 0.6) is 0 Å². The van der Waals surface area contributed by atoms with Crippen molar-refractivity contribution >= 4 is 10.0 Å². The molecule has 3 aliphatic carbocycles. The van der Waals surface area contributed by atoms with Crippen LogP contribution in [0.4, 0.5) is 0 Å². The first kappa shape index (κ1) is 18.5. The SMILES string of the molecule is CCN(CC)S(=O)(=O)c1ccc(CN[C@@H]2C[C@H]3C[C@H]2[C@@H]2CCC[C@@H]32)cc1. The number of nitrogens with one attached hydrogen (secondary N) is 1. The normalized spacial score (nSPS) is 33.1. The third-order valence-corrected chi connectivity index (χ3v) is 9.33. The van der Waals surface area contributed by atoms with E-state index >= 15 is 0 Å². The molecule has 0 unspecified atom stereocenters. The Balaban J connectivity index is 1.37. The zero-order chi connectivity index (χ0) is 18.3. The molecule has 4 nitrogen and oxygen atoms in total. The first-order valence-electron chi connectivity index (χ1n) is 10.4.